The summed E-state index contributed by atoms with van der Waals surface area (Å²) >= 11 is 3.56. The van der Waals surface area contributed by atoms with E-state index < -0.39 is 0 Å². The van der Waals surface area contributed by atoms with Crippen molar-refractivity contribution in [3.8, 4) is 11.5 Å². The van der Waals surface area contributed by atoms with Crippen molar-refractivity contribution in [2.45, 2.75) is 0 Å². The minimum absolute atomic E-state index is 0.0504. The Bertz CT molecular complexity index is 1150. The lowest BCUT2D eigenvalue weighted by atomic mass is 10.1. The Hall–Kier alpha value is -3.05. The van der Waals surface area contributed by atoms with E-state index in [2.05, 4.69) is 21.2 Å². The molecule has 0 heterocycles. The van der Waals surface area contributed by atoms with E-state index in [-0.39, 0.29) is 12.5 Å². The summed E-state index contributed by atoms with van der Waals surface area (Å²) in [4.78, 5) is 12.1. The predicted octanol–water partition coefficient (Wildman–Crippen LogP) is 5.33. The molecule has 146 valence electrons. The summed E-state index contributed by atoms with van der Waals surface area (Å²) in [5, 5.41) is 7.18. The maximum Gasteiger partial charge on any atom is 0.258 e. The Labute approximate surface area is 177 Å². The zero-order valence-electron chi connectivity index (χ0n) is 15.7. The van der Waals surface area contributed by atoms with Crippen molar-refractivity contribution >= 4 is 43.4 Å². The van der Waals surface area contributed by atoms with Crippen molar-refractivity contribution in [1.29, 1.82) is 0 Å². The van der Waals surface area contributed by atoms with Gasteiger partial charge in [0.25, 0.3) is 5.91 Å². The molecule has 0 saturated carbocycles. The minimum atomic E-state index is -0.188. The minimum Gasteiger partial charge on any atom is -0.491 e. The third kappa shape index (κ3) is 4.51. The molecular weight excluding hydrogens is 430 g/mol. The zero-order valence-corrected chi connectivity index (χ0v) is 17.3. The maximum atomic E-state index is 12.1. The van der Waals surface area contributed by atoms with E-state index in [9.17, 15) is 4.79 Å². The first-order chi connectivity index (χ1) is 14.2. The van der Waals surface area contributed by atoms with E-state index in [1.807, 2.05) is 78.9 Å². The van der Waals surface area contributed by atoms with Gasteiger partial charge in [0.15, 0.2) is 6.61 Å². The highest BCUT2D eigenvalue weighted by Crippen LogP contribution is 2.33. The van der Waals surface area contributed by atoms with Crippen LogP contribution in [0.2, 0.25) is 0 Å². The van der Waals surface area contributed by atoms with E-state index in [1.165, 1.54) is 0 Å². The van der Waals surface area contributed by atoms with Crippen LogP contribution in [0.3, 0.4) is 0 Å². The van der Waals surface area contributed by atoms with Gasteiger partial charge in [0.05, 0.1) is 11.0 Å². The molecule has 1 N–H and O–H groups in total. The number of ether oxygens (including phenoxy) is 2. The van der Waals surface area contributed by atoms with Gasteiger partial charge in [-0.15, -0.1) is 0 Å². The number of hydrogen-bond donors (Lipinski definition) is 1. The van der Waals surface area contributed by atoms with Crippen LogP contribution in [0, 0.1) is 0 Å². The third-order valence-corrected chi connectivity index (χ3v) is 5.44. The average molecular weight is 450 g/mol. The Balaban J connectivity index is 1.27. The van der Waals surface area contributed by atoms with Gasteiger partial charge in [-0.05, 0) is 44.2 Å². The van der Waals surface area contributed by atoms with Crippen LogP contribution in [-0.2, 0) is 4.79 Å². The van der Waals surface area contributed by atoms with Crippen molar-refractivity contribution in [3.63, 3.8) is 0 Å². The lowest BCUT2D eigenvalue weighted by Crippen LogP contribution is -2.32. The fourth-order valence-corrected chi connectivity index (χ4v) is 3.80. The van der Waals surface area contributed by atoms with Crippen LogP contribution in [0.15, 0.2) is 83.3 Å². The summed E-state index contributed by atoms with van der Waals surface area (Å²) < 4.78 is 12.4. The summed E-state index contributed by atoms with van der Waals surface area (Å²) in [5.41, 5.74) is 0. The fraction of sp³-hybridized carbons (Fsp3) is 0.125. The smallest absolute Gasteiger partial charge is 0.258 e. The Morgan fingerprint density at radius 1 is 0.759 bits per heavy atom. The standard InChI is InChI=1S/C24H20BrNO3/c25-24-20-10-4-2-7-18(20)12-13-22(24)29-16-23(27)26-14-15-28-21-11-5-8-17-6-1-3-9-19(17)21/h1-13H,14-16H2,(H,26,27). The molecule has 5 heteroatoms. The first kappa shape index (κ1) is 19.3. The monoisotopic (exact) mass is 449 g/mol. The van der Waals surface area contributed by atoms with Crippen LogP contribution in [-0.4, -0.2) is 25.7 Å². The van der Waals surface area contributed by atoms with E-state index >= 15 is 0 Å². The average Bonchev–Trinajstić information content (AvgIpc) is 2.76. The number of carbonyl (C=O) groups is 1. The summed E-state index contributed by atoms with van der Waals surface area (Å²) in [6.45, 7) is 0.745. The molecule has 0 radical (unpaired) electrons. The van der Waals surface area contributed by atoms with Crippen molar-refractivity contribution in [2.75, 3.05) is 19.8 Å². The number of rotatable bonds is 7. The number of nitrogens with one attached hydrogen (secondary N) is 1. The number of fused-ring (bicyclic) bond motifs is 2. The second-order valence-electron chi connectivity index (χ2n) is 6.56. The number of benzene rings is 4. The van der Waals surface area contributed by atoms with Crippen molar-refractivity contribution in [2.24, 2.45) is 0 Å². The van der Waals surface area contributed by atoms with Gasteiger partial charge in [0, 0.05) is 5.39 Å². The molecule has 0 unspecified atom stereocenters. The normalized spacial score (nSPS) is 10.8. The van der Waals surface area contributed by atoms with E-state index in [1.54, 1.807) is 0 Å². The maximum absolute atomic E-state index is 12.1. The zero-order chi connectivity index (χ0) is 20.1. The molecule has 29 heavy (non-hydrogen) atoms. The van der Waals surface area contributed by atoms with Crippen molar-refractivity contribution in [3.05, 3.63) is 83.3 Å². The molecule has 4 aromatic carbocycles. The number of carbonyl (C=O) groups excluding carboxylic acids is 1. The largest absolute Gasteiger partial charge is 0.491 e. The van der Waals surface area contributed by atoms with Gasteiger partial charge in [-0.25, -0.2) is 0 Å². The highest BCUT2D eigenvalue weighted by Gasteiger charge is 2.08. The molecule has 0 saturated heterocycles. The van der Waals surface area contributed by atoms with Crippen LogP contribution in [0.1, 0.15) is 0 Å². The first-order valence-electron chi connectivity index (χ1n) is 9.40. The van der Waals surface area contributed by atoms with Crippen molar-refractivity contribution < 1.29 is 14.3 Å². The lowest BCUT2D eigenvalue weighted by molar-refractivity contribution is -0.123. The molecule has 0 atom stereocenters. The van der Waals surface area contributed by atoms with Crippen LogP contribution in [0.4, 0.5) is 0 Å². The summed E-state index contributed by atoms with van der Waals surface area (Å²) in [5.74, 6) is 1.27. The van der Waals surface area contributed by atoms with E-state index in [4.69, 9.17) is 9.47 Å². The highest BCUT2D eigenvalue weighted by atomic mass is 79.9. The van der Waals surface area contributed by atoms with Crippen LogP contribution >= 0.6 is 15.9 Å². The molecule has 4 aromatic rings. The second kappa shape index (κ2) is 8.97. The summed E-state index contributed by atoms with van der Waals surface area (Å²) in [6, 6.07) is 25.9. The molecule has 4 nitrogen and oxygen atoms in total. The molecule has 0 spiro atoms. The van der Waals surface area contributed by atoms with Gasteiger partial charge in [-0.1, -0.05) is 66.7 Å². The quantitative estimate of drug-likeness (QED) is 0.388. The lowest BCUT2D eigenvalue weighted by Gasteiger charge is -2.12. The molecular formula is C24H20BrNO3. The third-order valence-electron chi connectivity index (χ3n) is 4.62. The molecule has 0 aliphatic heterocycles. The molecule has 0 aliphatic carbocycles. The van der Waals surface area contributed by atoms with E-state index in [0.29, 0.717) is 18.9 Å². The SMILES string of the molecule is O=C(COc1ccc2ccccc2c1Br)NCCOc1cccc2ccccc12. The molecule has 4 rings (SSSR count). The van der Waals surface area contributed by atoms with Gasteiger partial charge in [0.2, 0.25) is 0 Å². The van der Waals surface area contributed by atoms with Gasteiger partial charge in [-0.3, -0.25) is 4.79 Å². The van der Waals surface area contributed by atoms with Crippen LogP contribution in [0.25, 0.3) is 21.5 Å². The molecule has 0 bridgehead atoms. The molecule has 0 aromatic heterocycles. The molecule has 1 amide bonds. The number of halogens is 1. The van der Waals surface area contributed by atoms with Gasteiger partial charge in [0.1, 0.15) is 18.1 Å². The topological polar surface area (TPSA) is 47.6 Å². The van der Waals surface area contributed by atoms with E-state index in [0.717, 1.165) is 31.8 Å². The van der Waals surface area contributed by atoms with Crippen LogP contribution in [0.5, 0.6) is 11.5 Å². The second-order valence-corrected chi connectivity index (χ2v) is 7.36. The Morgan fingerprint density at radius 3 is 2.28 bits per heavy atom. The number of amides is 1. The summed E-state index contributed by atoms with van der Waals surface area (Å²) in [6.07, 6.45) is 0. The highest BCUT2D eigenvalue weighted by molar-refractivity contribution is 9.10. The van der Waals surface area contributed by atoms with Crippen LogP contribution < -0.4 is 14.8 Å². The predicted molar refractivity (Wildman–Crippen MR) is 120 cm³/mol. The van der Waals surface area contributed by atoms with Gasteiger partial charge in [-0.2, -0.15) is 0 Å². The number of hydrogen-bond acceptors (Lipinski definition) is 3. The Kier molecular flexibility index (Phi) is 5.96. The van der Waals surface area contributed by atoms with Crippen molar-refractivity contribution in [1.82, 2.24) is 5.32 Å². The fourth-order valence-electron chi connectivity index (χ4n) is 3.19. The van der Waals surface area contributed by atoms with Gasteiger partial charge >= 0.3 is 0 Å². The van der Waals surface area contributed by atoms with Gasteiger partial charge < -0.3 is 14.8 Å². The molecule has 0 fully saturated rings. The summed E-state index contributed by atoms with van der Waals surface area (Å²) in [7, 11) is 0. The Morgan fingerprint density at radius 2 is 1.45 bits per heavy atom. The molecule has 0 aliphatic rings. The first-order valence-corrected chi connectivity index (χ1v) is 10.2.